The lowest BCUT2D eigenvalue weighted by molar-refractivity contribution is -0.129. The molecule has 2 aromatic carbocycles. The zero-order chi connectivity index (χ0) is 26.5. The molecule has 2 heterocycles. The van der Waals surface area contributed by atoms with E-state index in [0.29, 0.717) is 44.9 Å². The molecule has 0 aromatic heterocycles. The number of piperidine rings is 1. The van der Waals surface area contributed by atoms with Crippen LogP contribution in [0.3, 0.4) is 0 Å². The van der Waals surface area contributed by atoms with Crippen molar-refractivity contribution in [2.75, 3.05) is 44.2 Å². The predicted molar refractivity (Wildman–Crippen MR) is 149 cm³/mol. The molecule has 3 fully saturated rings. The number of carbonyl (C=O) groups is 2. The van der Waals surface area contributed by atoms with Crippen LogP contribution in [0.2, 0.25) is 0 Å². The van der Waals surface area contributed by atoms with Crippen molar-refractivity contribution in [2.24, 2.45) is 5.92 Å². The minimum atomic E-state index is -0.609. The number of nitrogens with zero attached hydrogens (tertiary/aromatic N) is 3. The average Bonchev–Trinajstić information content (AvgIpc) is 2.98. The molecule has 0 bridgehead atoms. The summed E-state index contributed by atoms with van der Waals surface area (Å²) in [5.74, 6) is 0.425. The lowest BCUT2D eigenvalue weighted by atomic mass is 9.71. The van der Waals surface area contributed by atoms with Gasteiger partial charge in [-0.2, -0.15) is 0 Å². The zero-order valence-electron chi connectivity index (χ0n) is 22.6. The lowest BCUT2D eigenvalue weighted by Gasteiger charge is -2.44. The van der Waals surface area contributed by atoms with Gasteiger partial charge in [-0.15, -0.1) is 0 Å². The number of halogens is 1. The summed E-state index contributed by atoms with van der Waals surface area (Å²) in [7, 11) is 0. The van der Waals surface area contributed by atoms with E-state index in [1.54, 1.807) is 12.1 Å². The molecule has 3 amide bonds. The molecular weight excluding hydrogens is 479 g/mol. The Morgan fingerprint density at radius 1 is 0.842 bits per heavy atom. The summed E-state index contributed by atoms with van der Waals surface area (Å²) in [6, 6.07) is 16.9. The molecule has 38 heavy (non-hydrogen) atoms. The van der Waals surface area contributed by atoms with E-state index in [1.165, 1.54) is 44.2 Å². The number of hydrogen-bond acceptors (Lipinski definition) is 3. The van der Waals surface area contributed by atoms with Crippen LogP contribution in [0.5, 0.6) is 0 Å². The average molecular weight is 521 g/mol. The first-order valence-electron chi connectivity index (χ1n) is 14.4. The van der Waals surface area contributed by atoms with Crippen molar-refractivity contribution in [3.05, 3.63) is 66.0 Å². The number of anilines is 1. The van der Waals surface area contributed by atoms with Gasteiger partial charge in [0.1, 0.15) is 5.82 Å². The first-order chi connectivity index (χ1) is 18.5. The third-order valence-corrected chi connectivity index (χ3v) is 9.11. The van der Waals surface area contributed by atoms with Gasteiger partial charge in [0, 0.05) is 51.0 Å². The molecule has 7 heteroatoms. The highest BCUT2D eigenvalue weighted by Crippen LogP contribution is 2.37. The second-order valence-corrected chi connectivity index (χ2v) is 11.3. The minimum absolute atomic E-state index is 0.0569. The molecule has 1 atom stereocenters. The van der Waals surface area contributed by atoms with E-state index in [-0.39, 0.29) is 23.8 Å². The van der Waals surface area contributed by atoms with Crippen LogP contribution in [0.25, 0.3) is 0 Å². The Labute approximate surface area is 226 Å². The second-order valence-electron chi connectivity index (χ2n) is 11.3. The zero-order valence-corrected chi connectivity index (χ0v) is 22.6. The summed E-state index contributed by atoms with van der Waals surface area (Å²) in [5.41, 5.74) is 1.42. The van der Waals surface area contributed by atoms with Crippen molar-refractivity contribution >= 4 is 17.6 Å². The molecule has 2 aromatic rings. The van der Waals surface area contributed by atoms with Gasteiger partial charge in [0.15, 0.2) is 0 Å². The van der Waals surface area contributed by atoms with Crippen LogP contribution in [0.4, 0.5) is 14.9 Å². The number of piperazine rings is 1. The quantitative estimate of drug-likeness (QED) is 0.591. The van der Waals surface area contributed by atoms with Gasteiger partial charge in [-0.1, -0.05) is 49.6 Å². The number of benzene rings is 2. The smallest absolute Gasteiger partial charge is 0.320 e. The maximum absolute atomic E-state index is 13.9. The standard InChI is InChI=1S/C31H41FN4O2/c1-24(25-8-4-2-5-9-25)33-29(37)31(26-10-6-3-7-11-26)16-18-35(19-17-31)30(38)36-22-20-34(21-23-36)28-14-12-27(32)13-15-28/h3,6-7,10-15,24-25H,2,4-5,8-9,16-23H2,1H3,(H,33,37)/t24-/m0/s1. The summed E-state index contributed by atoms with van der Waals surface area (Å²) >= 11 is 0. The molecule has 204 valence electrons. The highest BCUT2D eigenvalue weighted by Gasteiger charge is 2.45. The van der Waals surface area contributed by atoms with Crippen molar-refractivity contribution in [3.63, 3.8) is 0 Å². The summed E-state index contributed by atoms with van der Waals surface area (Å²) in [5, 5.41) is 3.41. The molecular formula is C31H41FN4O2. The molecule has 0 unspecified atom stereocenters. The Morgan fingerprint density at radius 2 is 1.45 bits per heavy atom. The van der Waals surface area contributed by atoms with E-state index < -0.39 is 5.41 Å². The SMILES string of the molecule is C[C@H](NC(=O)C1(c2ccccc2)CCN(C(=O)N2CCN(c3ccc(F)cc3)CC2)CC1)C1CCCCC1. The Balaban J connectivity index is 1.21. The summed E-state index contributed by atoms with van der Waals surface area (Å²) in [6.45, 7) is 6.01. The van der Waals surface area contributed by atoms with Gasteiger partial charge in [0.25, 0.3) is 0 Å². The first-order valence-corrected chi connectivity index (χ1v) is 14.4. The van der Waals surface area contributed by atoms with Gasteiger partial charge in [0.05, 0.1) is 5.41 Å². The van der Waals surface area contributed by atoms with Gasteiger partial charge < -0.3 is 20.0 Å². The molecule has 0 spiro atoms. The van der Waals surface area contributed by atoms with Crippen LogP contribution < -0.4 is 10.2 Å². The molecule has 3 aliphatic rings. The number of carbonyl (C=O) groups excluding carboxylic acids is 2. The van der Waals surface area contributed by atoms with Gasteiger partial charge >= 0.3 is 6.03 Å². The molecule has 2 aliphatic heterocycles. The second kappa shape index (κ2) is 11.7. The number of rotatable bonds is 5. The molecule has 6 nitrogen and oxygen atoms in total. The normalized spacial score (nSPS) is 21.2. The number of nitrogens with one attached hydrogen (secondary N) is 1. The molecule has 2 saturated heterocycles. The van der Waals surface area contributed by atoms with Crippen LogP contribution in [-0.4, -0.2) is 67.0 Å². The summed E-state index contributed by atoms with van der Waals surface area (Å²) in [4.78, 5) is 33.3. The predicted octanol–water partition coefficient (Wildman–Crippen LogP) is 5.19. The molecule has 0 radical (unpaired) electrons. The fourth-order valence-corrected chi connectivity index (χ4v) is 6.59. The van der Waals surface area contributed by atoms with E-state index in [1.807, 2.05) is 28.0 Å². The Bertz CT molecular complexity index is 1070. The Kier molecular flexibility index (Phi) is 8.20. The molecule has 1 saturated carbocycles. The van der Waals surface area contributed by atoms with E-state index in [4.69, 9.17) is 0 Å². The highest BCUT2D eigenvalue weighted by atomic mass is 19.1. The fourth-order valence-electron chi connectivity index (χ4n) is 6.59. The third-order valence-electron chi connectivity index (χ3n) is 9.11. The molecule has 5 rings (SSSR count). The van der Waals surface area contributed by atoms with E-state index in [0.717, 1.165) is 24.3 Å². The summed E-state index contributed by atoms with van der Waals surface area (Å²) in [6.07, 6.45) is 7.44. The van der Waals surface area contributed by atoms with Crippen LogP contribution in [-0.2, 0) is 10.2 Å². The maximum Gasteiger partial charge on any atom is 0.320 e. The fraction of sp³-hybridized carbons (Fsp3) is 0.548. The van der Waals surface area contributed by atoms with E-state index >= 15 is 0 Å². The minimum Gasteiger partial charge on any atom is -0.368 e. The van der Waals surface area contributed by atoms with Gasteiger partial charge in [-0.25, -0.2) is 9.18 Å². The molecule has 1 aliphatic carbocycles. The van der Waals surface area contributed by atoms with Crippen molar-refractivity contribution in [2.45, 2.75) is 63.3 Å². The van der Waals surface area contributed by atoms with Crippen molar-refractivity contribution < 1.29 is 14.0 Å². The van der Waals surface area contributed by atoms with Gasteiger partial charge in [-0.3, -0.25) is 4.79 Å². The monoisotopic (exact) mass is 520 g/mol. The summed E-state index contributed by atoms with van der Waals surface area (Å²) < 4.78 is 13.3. The maximum atomic E-state index is 13.9. The number of likely N-dealkylation sites (tertiary alicyclic amines) is 1. The van der Waals surface area contributed by atoms with Gasteiger partial charge in [0.2, 0.25) is 5.91 Å². The number of urea groups is 1. The van der Waals surface area contributed by atoms with Crippen LogP contribution >= 0.6 is 0 Å². The van der Waals surface area contributed by atoms with Crippen molar-refractivity contribution in [3.8, 4) is 0 Å². The van der Waals surface area contributed by atoms with Crippen molar-refractivity contribution in [1.29, 1.82) is 0 Å². The third kappa shape index (κ3) is 5.67. The van der Waals surface area contributed by atoms with Crippen LogP contribution in [0, 0.1) is 11.7 Å². The van der Waals surface area contributed by atoms with E-state index in [9.17, 15) is 14.0 Å². The van der Waals surface area contributed by atoms with Crippen LogP contribution in [0.1, 0.15) is 57.4 Å². The number of amides is 3. The van der Waals surface area contributed by atoms with E-state index in [2.05, 4.69) is 29.3 Å². The topological polar surface area (TPSA) is 55.9 Å². The van der Waals surface area contributed by atoms with Gasteiger partial charge in [-0.05, 0) is 68.4 Å². The molecule has 1 N–H and O–H groups in total. The van der Waals surface area contributed by atoms with Crippen molar-refractivity contribution in [1.82, 2.24) is 15.1 Å². The largest absolute Gasteiger partial charge is 0.368 e. The number of hydrogen-bond donors (Lipinski definition) is 1. The Morgan fingerprint density at radius 3 is 2.08 bits per heavy atom. The Hall–Kier alpha value is -3.09. The van der Waals surface area contributed by atoms with Crippen LogP contribution in [0.15, 0.2) is 54.6 Å². The first kappa shape index (κ1) is 26.5. The highest BCUT2D eigenvalue weighted by molar-refractivity contribution is 5.89. The lowest BCUT2D eigenvalue weighted by Crippen LogP contribution is -2.58.